The van der Waals surface area contributed by atoms with Gasteiger partial charge in [0.1, 0.15) is 0 Å². The lowest BCUT2D eigenvalue weighted by molar-refractivity contribution is 0.221. The Morgan fingerprint density at radius 2 is 1.83 bits per heavy atom. The lowest BCUT2D eigenvalue weighted by Gasteiger charge is -2.25. The molecule has 0 unspecified atom stereocenters. The number of hydrogen-bond acceptors (Lipinski definition) is 4. The molecule has 2 aromatic heterocycles. The van der Waals surface area contributed by atoms with Crippen LogP contribution >= 0.6 is 11.3 Å². The van der Waals surface area contributed by atoms with Crippen molar-refractivity contribution < 1.29 is 0 Å². The zero-order valence-corrected chi connectivity index (χ0v) is 15.2. The van der Waals surface area contributed by atoms with Crippen LogP contribution in [0.4, 0.5) is 0 Å². The van der Waals surface area contributed by atoms with Gasteiger partial charge in [0.15, 0.2) is 0 Å². The molecule has 1 aliphatic heterocycles. The second kappa shape index (κ2) is 7.77. The van der Waals surface area contributed by atoms with Crippen LogP contribution in [0.5, 0.6) is 0 Å². The lowest BCUT2D eigenvalue weighted by atomic mass is 10.1. The van der Waals surface area contributed by atoms with Crippen molar-refractivity contribution in [2.75, 3.05) is 13.1 Å². The Morgan fingerprint density at radius 3 is 2.58 bits per heavy atom. The highest BCUT2D eigenvalue weighted by Gasteiger charge is 2.29. The molecule has 0 bridgehead atoms. The maximum Gasteiger partial charge on any atom is 0.0334 e. The molecule has 1 aliphatic carbocycles. The average molecular weight is 342 g/mol. The normalized spacial score (nSPS) is 19.0. The van der Waals surface area contributed by atoms with E-state index in [0.29, 0.717) is 0 Å². The largest absolute Gasteiger partial charge is 0.299 e. The quantitative estimate of drug-likeness (QED) is 0.749. The van der Waals surface area contributed by atoms with Crippen molar-refractivity contribution in [1.29, 1.82) is 0 Å². The van der Waals surface area contributed by atoms with Crippen molar-refractivity contribution in [3.8, 4) is 0 Å². The van der Waals surface area contributed by atoms with E-state index in [9.17, 15) is 0 Å². The van der Waals surface area contributed by atoms with Crippen molar-refractivity contribution in [2.45, 2.75) is 57.8 Å². The Labute approximate surface area is 149 Å². The molecule has 128 valence electrons. The number of likely N-dealkylation sites (tertiary alicyclic amines) is 1. The maximum absolute atomic E-state index is 4.13. The van der Waals surface area contributed by atoms with E-state index in [0.717, 1.165) is 25.7 Å². The summed E-state index contributed by atoms with van der Waals surface area (Å²) < 4.78 is 0. The minimum Gasteiger partial charge on any atom is -0.299 e. The SMILES string of the molecule is c1cc(CN(Cc2cc(CN3CCCCC3)cs2)C2CC2)ccn1. The van der Waals surface area contributed by atoms with E-state index in [1.54, 1.807) is 0 Å². The summed E-state index contributed by atoms with van der Waals surface area (Å²) in [7, 11) is 0. The second-order valence-electron chi connectivity index (χ2n) is 7.25. The van der Waals surface area contributed by atoms with Gasteiger partial charge in [-0.25, -0.2) is 0 Å². The van der Waals surface area contributed by atoms with Gasteiger partial charge in [-0.1, -0.05) is 6.42 Å². The fourth-order valence-electron chi connectivity index (χ4n) is 3.64. The third-order valence-corrected chi connectivity index (χ3v) is 6.09. The Morgan fingerprint density at radius 1 is 1.04 bits per heavy atom. The molecule has 0 atom stereocenters. The summed E-state index contributed by atoms with van der Waals surface area (Å²) in [4.78, 5) is 10.9. The van der Waals surface area contributed by atoms with Gasteiger partial charge in [-0.05, 0) is 73.5 Å². The number of nitrogens with zero attached hydrogens (tertiary/aromatic N) is 3. The molecule has 4 heteroatoms. The fraction of sp³-hybridized carbons (Fsp3) is 0.550. The molecular formula is C20H27N3S. The number of thiophene rings is 1. The molecule has 4 rings (SSSR count). The van der Waals surface area contributed by atoms with Crippen molar-refractivity contribution in [2.24, 2.45) is 0 Å². The van der Waals surface area contributed by atoms with E-state index in [-0.39, 0.29) is 0 Å². The number of pyridine rings is 1. The highest BCUT2D eigenvalue weighted by atomic mass is 32.1. The Bertz CT molecular complexity index is 629. The summed E-state index contributed by atoms with van der Waals surface area (Å²) in [6, 6.07) is 7.52. The fourth-order valence-corrected chi connectivity index (χ4v) is 4.55. The highest BCUT2D eigenvalue weighted by molar-refractivity contribution is 7.10. The van der Waals surface area contributed by atoms with Crippen LogP contribution in [0.25, 0.3) is 0 Å². The summed E-state index contributed by atoms with van der Waals surface area (Å²) in [5.74, 6) is 0. The summed E-state index contributed by atoms with van der Waals surface area (Å²) in [6.45, 7) is 5.84. The van der Waals surface area contributed by atoms with Gasteiger partial charge in [-0.15, -0.1) is 11.3 Å². The van der Waals surface area contributed by atoms with Crippen LogP contribution < -0.4 is 0 Å². The number of rotatable bonds is 7. The van der Waals surface area contributed by atoms with E-state index in [1.165, 1.54) is 61.2 Å². The van der Waals surface area contributed by atoms with E-state index in [1.807, 2.05) is 23.7 Å². The third kappa shape index (κ3) is 4.44. The Balaban J connectivity index is 1.36. The number of piperidine rings is 1. The van der Waals surface area contributed by atoms with Gasteiger partial charge in [-0.3, -0.25) is 14.8 Å². The monoisotopic (exact) mass is 341 g/mol. The van der Waals surface area contributed by atoms with E-state index in [2.05, 4.69) is 38.4 Å². The molecule has 0 N–H and O–H groups in total. The van der Waals surface area contributed by atoms with Crippen molar-refractivity contribution in [1.82, 2.24) is 14.8 Å². The molecule has 0 spiro atoms. The minimum atomic E-state index is 0.783. The minimum absolute atomic E-state index is 0.783. The number of aromatic nitrogens is 1. The smallest absolute Gasteiger partial charge is 0.0334 e. The van der Waals surface area contributed by atoms with Crippen molar-refractivity contribution in [3.05, 3.63) is 52.0 Å². The average Bonchev–Trinajstić information content (AvgIpc) is 3.38. The molecule has 0 aromatic carbocycles. The zero-order valence-electron chi connectivity index (χ0n) is 14.4. The highest BCUT2D eigenvalue weighted by Crippen LogP contribution is 2.31. The number of hydrogen-bond donors (Lipinski definition) is 0. The molecule has 1 saturated heterocycles. The molecule has 24 heavy (non-hydrogen) atoms. The molecule has 2 aromatic rings. The van der Waals surface area contributed by atoms with Crippen LogP contribution in [0.15, 0.2) is 36.0 Å². The summed E-state index contributed by atoms with van der Waals surface area (Å²) in [5, 5.41) is 2.38. The molecule has 3 nitrogen and oxygen atoms in total. The molecule has 2 fully saturated rings. The molecule has 0 amide bonds. The van der Waals surface area contributed by atoms with Gasteiger partial charge >= 0.3 is 0 Å². The predicted molar refractivity (Wildman–Crippen MR) is 100.0 cm³/mol. The zero-order chi connectivity index (χ0) is 16.2. The molecular weight excluding hydrogens is 314 g/mol. The molecule has 3 heterocycles. The topological polar surface area (TPSA) is 19.4 Å². The Hall–Kier alpha value is -1.23. The summed E-state index contributed by atoms with van der Waals surface area (Å²) in [5.41, 5.74) is 2.89. The summed E-state index contributed by atoms with van der Waals surface area (Å²) in [6.07, 6.45) is 10.7. The van der Waals surface area contributed by atoms with E-state index >= 15 is 0 Å². The maximum atomic E-state index is 4.13. The first kappa shape index (κ1) is 16.2. The van der Waals surface area contributed by atoms with E-state index in [4.69, 9.17) is 0 Å². The second-order valence-corrected chi connectivity index (χ2v) is 8.25. The van der Waals surface area contributed by atoms with Gasteiger partial charge in [0.2, 0.25) is 0 Å². The van der Waals surface area contributed by atoms with Crippen LogP contribution in [-0.2, 0) is 19.6 Å². The van der Waals surface area contributed by atoms with Gasteiger partial charge in [-0.2, -0.15) is 0 Å². The van der Waals surface area contributed by atoms with Gasteiger partial charge < -0.3 is 0 Å². The first-order valence-electron chi connectivity index (χ1n) is 9.28. The van der Waals surface area contributed by atoms with Crippen molar-refractivity contribution in [3.63, 3.8) is 0 Å². The van der Waals surface area contributed by atoms with Gasteiger partial charge in [0, 0.05) is 42.9 Å². The van der Waals surface area contributed by atoms with E-state index < -0.39 is 0 Å². The van der Waals surface area contributed by atoms with Crippen LogP contribution in [0.1, 0.15) is 48.1 Å². The molecule has 2 aliphatic rings. The first-order chi connectivity index (χ1) is 11.9. The van der Waals surface area contributed by atoms with Crippen molar-refractivity contribution >= 4 is 11.3 Å². The van der Waals surface area contributed by atoms with Crippen LogP contribution in [0.3, 0.4) is 0 Å². The predicted octanol–water partition coefficient (Wildman–Crippen LogP) is 4.29. The molecule has 0 radical (unpaired) electrons. The lowest BCUT2D eigenvalue weighted by Crippen LogP contribution is -2.28. The van der Waals surface area contributed by atoms with Gasteiger partial charge in [0.25, 0.3) is 0 Å². The Kier molecular flexibility index (Phi) is 5.26. The third-order valence-electron chi connectivity index (χ3n) is 5.12. The first-order valence-corrected chi connectivity index (χ1v) is 10.2. The standard InChI is InChI=1S/C20H27N3S/c1-2-10-22(11-3-1)13-18-12-20(24-16-18)15-23(19-4-5-19)14-17-6-8-21-9-7-17/h6-9,12,16,19H,1-5,10-11,13-15H2. The van der Waals surface area contributed by atoms with Crippen LogP contribution in [0, 0.1) is 0 Å². The van der Waals surface area contributed by atoms with Crippen LogP contribution in [-0.4, -0.2) is 33.9 Å². The summed E-state index contributed by atoms with van der Waals surface area (Å²) >= 11 is 1.94. The van der Waals surface area contributed by atoms with Gasteiger partial charge in [0.05, 0.1) is 0 Å². The van der Waals surface area contributed by atoms with Crippen LogP contribution in [0.2, 0.25) is 0 Å². The molecule has 1 saturated carbocycles.